The number of fused-ring (bicyclic) bond motifs is 1. The molecule has 0 aromatic carbocycles. The van der Waals surface area contributed by atoms with Crippen molar-refractivity contribution in [1.82, 2.24) is 19.4 Å². The highest BCUT2D eigenvalue weighted by Gasteiger charge is 2.09. The summed E-state index contributed by atoms with van der Waals surface area (Å²) in [6.07, 6.45) is 3.67. The summed E-state index contributed by atoms with van der Waals surface area (Å²) < 4.78 is 3.40. The third kappa shape index (κ3) is 2.94. The second kappa shape index (κ2) is 6.15. The average molecular weight is 316 g/mol. The van der Waals surface area contributed by atoms with Crippen LogP contribution < -0.4 is 10.9 Å². The summed E-state index contributed by atoms with van der Waals surface area (Å²) >= 11 is 1.46. The number of aryl methyl sites for hydroxylation is 1. The predicted molar refractivity (Wildman–Crippen MR) is 86.1 cm³/mol. The summed E-state index contributed by atoms with van der Waals surface area (Å²) in [6.45, 7) is 2.91. The van der Waals surface area contributed by atoms with E-state index in [1.807, 2.05) is 36.8 Å². The lowest BCUT2D eigenvalue weighted by atomic mass is 10.4. The lowest BCUT2D eigenvalue weighted by Gasteiger charge is -2.10. The third-order valence-electron chi connectivity index (χ3n) is 3.42. The molecule has 3 rings (SSSR count). The second-order valence-electron chi connectivity index (χ2n) is 4.96. The highest BCUT2D eigenvalue weighted by molar-refractivity contribution is 7.16. The Hall–Kier alpha value is -2.41. The van der Waals surface area contributed by atoms with Crippen molar-refractivity contribution in [3.63, 3.8) is 0 Å². The monoisotopic (exact) mass is 316 g/mol. The maximum absolute atomic E-state index is 12.4. The van der Waals surface area contributed by atoms with Gasteiger partial charge in [-0.25, -0.2) is 4.98 Å². The van der Waals surface area contributed by atoms with Gasteiger partial charge in [0.25, 0.3) is 5.56 Å². The zero-order valence-electron chi connectivity index (χ0n) is 12.2. The van der Waals surface area contributed by atoms with Crippen molar-refractivity contribution in [3.05, 3.63) is 52.2 Å². The minimum atomic E-state index is -0.0773. The van der Waals surface area contributed by atoms with Crippen molar-refractivity contribution in [3.8, 4) is 0 Å². The highest BCUT2D eigenvalue weighted by Crippen LogP contribution is 2.14. The molecule has 0 saturated heterocycles. The molecule has 0 radical (unpaired) electrons. The first-order valence-corrected chi connectivity index (χ1v) is 7.85. The first kappa shape index (κ1) is 14.5. The van der Waals surface area contributed by atoms with Crippen LogP contribution in [0.5, 0.6) is 0 Å². The molecule has 3 aromatic heterocycles. The Morgan fingerprint density at radius 2 is 2.14 bits per heavy atom. The SMILES string of the molecule is Cc1nc2sccc2c(=O)n1CCNC(=O)Cn1cccc1. The minimum Gasteiger partial charge on any atom is -0.353 e. The van der Waals surface area contributed by atoms with Crippen LogP contribution in [0.15, 0.2) is 40.8 Å². The Balaban J connectivity index is 1.64. The van der Waals surface area contributed by atoms with Crippen molar-refractivity contribution in [2.75, 3.05) is 6.54 Å². The Morgan fingerprint density at radius 3 is 2.91 bits per heavy atom. The molecule has 0 aliphatic rings. The lowest BCUT2D eigenvalue weighted by molar-refractivity contribution is -0.121. The largest absolute Gasteiger partial charge is 0.353 e. The van der Waals surface area contributed by atoms with Gasteiger partial charge in [-0.2, -0.15) is 0 Å². The fourth-order valence-electron chi connectivity index (χ4n) is 2.32. The van der Waals surface area contributed by atoms with Crippen LogP contribution in [-0.2, 0) is 17.9 Å². The van der Waals surface area contributed by atoms with Crippen LogP contribution >= 0.6 is 11.3 Å². The van der Waals surface area contributed by atoms with Gasteiger partial charge in [0.05, 0.1) is 5.39 Å². The smallest absolute Gasteiger partial charge is 0.262 e. The van der Waals surface area contributed by atoms with E-state index in [4.69, 9.17) is 0 Å². The maximum atomic E-state index is 12.4. The summed E-state index contributed by atoms with van der Waals surface area (Å²) in [7, 11) is 0. The molecule has 1 N–H and O–H groups in total. The first-order valence-electron chi connectivity index (χ1n) is 6.97. The molecule has 3 aromatic rings. The van der Waals surface area contributed by atoms with E-state index in [1.54, 1.807) is 15.2 Å². The molecule has 0 spiro atoms. The highest BCUT2D eigenvalue weighted by atomic mass is 32.1. The number of nitrogens with one attached hydrogen (secondary N) is 1. The molecule has 6 nitrogen and oxygen atoms in total. The van der Waals surface area contributed by atoms with Gasteiger partial charge in [0.15, 0.2) is 0 Å². The Kier molecular flexibility index (Phi) is 4.06. The van der Waals surface area contributed by atoms with Crippen molar-refractivity contribution >= 4 is 27.5 Å². The number of carbonyl (C=O) groups is 1. The van der Waals surface area contributed by atoms with Gasteiger partial charge in [0.1, 0.15) is 17.2 Å². The molecule has 0 saturated carbocycles. The van der Waals surface area contributed by atoms with Crippen molar-refractivity contribution in [2.24, 2.45) is 0 Å². The van der Waals surface area contributed by atoms with Gasteiger partial charge in [-0.1, -0.05) is 0 Å². The predicted octanol–water partition coefficient (Wildman–Crippen LogP) is 1.38. The van der Waals surface area contributed by atoms with Crippen LogP contribution in [0.3, 0.4) is 0 Å². The topological polar surface area (TPSA) is 68.9 Å². The zero-order chi connectivity index (χ0) is 15.5. The number of hydrogen-bond donors (Lipinski definition) is 1. The van der Waals surface area contributed by atoms with E-state index in [1.165, 1.54) is 11.3 Å². The molecule has 0 aliphatic carbocycles. The summed E-state index contributed by atoms with van der Waals surface area (Å²) in [5.41, 5.74) is -0.0524. The molecule has 0 fully saturated rings. The van der Waals surface area contributed by atoms with Crippen LogP contribution in [0.4, 0.5) is 0 Å². The average Bonchev–Trinajstić information content (AvgIpc) is 3.13. The van der Waals surface area contributed by atoms with Gasteiger partial charge in [-0.3, -0.25) is 14.2 Å². The van der Waals surface area contributed by atoms with Crippen LogP contribution in [0.2, 0.25) is 0 Å². The fraction of sp³-hybridized carbons (Fsp3) is 0.267. The standard InChI is InChI=1S/C15H16N4O2S/c1-11-17-14-12(4-9-22-14)15(21)19(11)8-5-16-13(20)10-18-6-2-3-7-18/h2-4,6-7,9H,5,8,10H2,1H3,(H,16,20). The Morgan fingerprint density at radius 1 is 1.36 bits per heavy atom. The number of hydrogen-bond acceptors (Lipinski definition) is 4. The van der Waals surface area contributed by atoms with Crippen LogP contribution in [0.1, 0.15) is 5.82 Å². The number of amides is 1. The number of carbonyl (C=O) groups excluding carboxylic acids is 1. The molecule has 3 heterocycles. The van der Waals surface area contributed by atoms with Gasteiger partial charge < -0.3 is 9.88 Å². The molecular weight excluding hydrogens is 300 g/mol. The lowest BCUT2D eigenvalue weighted by Crippen LogP contribution is -2.33. The second-order valence-corrected chi connectivity index (χ2v) is 5.86. The summed E-state index contributed by atoms with van der Waals surface area (Å²) in [5.74, 6) is 0.589. The fourth-order valence-corrected chi connectivity index (χ4v) is 3.12. The maximum Gasteiger partial charge on any atom is 0.262 e. The van der Waals surface area contributed by atoms with Crippen LogP contribution in [0.25, 0.3) is 10.2 Å². The molecule has 0 aliphatic heterocycles. The van der Waals surface area contributed by atoms with Gasteiger partial charge in [0.2, 0.25) is 5.91 Å². The summed E-state index contributed by atoms with van der Waals surface area (Å²) in [5, 5.41) is 5.32. The van der Waals surface area contributed by atoms with E-state index in [0.29, 0.717) is 24.3 Å². The molecule has 22 heavy (non-hydrogen) atoms. The summed E-state index contributed by atoms with van der Waals surface area (Å²) in [4.78, 5) is 29.3. The normalized spacial score (nSPS) is 11.0. The number of rotatable bonds is 5. The number of nitrogens with zero attached hydrogens (tertiary/aromatic N) is 3. The van der Waals surface area contributed by atoms with Crippen molar-refractivity contribution in [1.29, 1.82) is 0 Å². The van der Waals surface area contributed by atoms with E-state index < -0.39 is 0 Å². The molecule has 0 unspecified atom stereocenters. The molecule has 7 heteroatoms. The Labute approximate surface area is 131 Å². The number of aromatic nitrogens is 3. The molecule has 0 bridgehead atoms. The molecule has 0 atom stereocenters. The van der Waals surface area contributed by atoms with Gasteiger partial charge in [0, 0.05) is 25.5 Å². The van der Waals surface area contributed by atoms with E-state index in [-0.39, 0.29) is 18.0 Å². The van der Waals surface area contributed by atoms with Gasteiger partial charge >= 0.3 is 0 Å². The minimum absolute atomic E-state index is 0.0524. The van der Waals surface area contributed by atoms with Crippen LogP contribution in [0, 0.1) is 6.92 Å². The third-order valence-corrected chi connectivity index (χ3v) is 4.23. The molecular formula is C15H16N4O2S. The quantitative estimate of drug-likeness (QED) is 0.773. The van der Waals surface area contributed by atoms with E-state index in [0.717, 1.165) is 4.83 Å². The number of thiophene rings is 1. The first-order chi connectivity index (χ1) is 10.6. The molecule has 1 amide bonds. The zero-order valence-corrected chi connectivity index (χ0v) is 13.0. The van der Waals surface area contributed by atoms with E-state index in [9.17, 15) is 9.59 Å². The van der Waals surface area contributed by atoms with E-state index >= 15 is 0 Å². The van der Waals surface area contributed by atoms with Crippen molar-refractivity contribution in [2.45, 2.75) is 20.0 Å². The van der Waals surface area contributed by atoms with Gasteiger partial charge in [-0.05, 0) is 30.5 Å². The van der Waals surface area contributed by atoms with Crippen LogP contribution in [-0.4, -0.2) is 26.6 Å². The Bertz CT molecular complexity index is 848. The van der Waals surface area contributed by atoms with Crippen molar-refractivity contribution < 1.29 is 4.79 Å². The van der Waals surface area contributed by atoms with E-state index in [2.05, 4.69) is 10.3 Å². The summed E-state index contributed by atoms with van der Waals surface area (Å²) in [6, 6.07) is 5.53. The molecule has 114 valence electrons. The van der Waals surface area contributed by atoms with Gasteiger partial charge in [-0.15, -0.1) is 11.3 Å².